The Labute approximate surface area is 153 Å². The third kappa shape index (κ3) is 2.76. The quantitative estimate of drug-likeness (QED) is 0.652. The first kappa shape index (κ1) is 16.4. The molecule has 0 bridgehead atoms. The predicted octanol–water partition coefficient (Wildman–Crippen LogP) is 1.64. The molecule has 1 aliphatic heterocycles. The van der Waals surface area contributed by atoms with Crippen LogP contribution >= 0.6 is 11.3 Å². The van der Waals surface area contributed by atoms with Gasteiger partial charge in [0.2, 0.25) is 0 Å². The van der Waals surface area contributed by atoms with Crippen LogP contribution in [-0.2, 0) is 16.0 Å². The number of aromatic nitrogens is 4. The minimum absolute atomic E-state index is 0.229. The van der Waals surface area contributed by atoms with Crippen molar-refractivity contribution in [2.45, 2.75) is 12.5 Å². The Bertz CT molecular complexity index is 953. The Hall–Kier alpha value is -3.07. The van der Waals surface area contributed by atoms with Crippen LogP contribution in [0, 0.1) is 0 Å². The molecule has 3 aromatic rings. The van der Waals surface area contributed by atoms with E-state index in [-0.39, 0.29) is 5.91 Å². The van der Waals surface area contributed by atoms with Gasteiger partial charge in [-0.1, -0.05) is 6.07 Å². The molecule has 0 fully saturated rings. The topological polar surface area (TPSA) is 90.2 Å². The zero-order valence-electron chi connectivity index (χ0n) is 13.9. The van der Waals surface area contributed by atoms with Gasteiger partial charge in [0.05, 0.1) is 12.8 Å². The van der Waals surface area contributed by atoms with E-state index in [1.165, 1.54) is 18.1 Å². The van der Waals surface area contributed by atoms with Crippen molar-refractivity contribution in [3.8, 4) is 5.69 Å². The molecule has 1 atom stereocenters. The number of amides is 1. The van der Waals surface area contributed by atoms with Crippen molar-refractivity contribution in [2.24, 2.45) is 0 Å². The summed E-state index contributed by atoms with van der Waals surface area (Å²) in [5.41, 5.74) is 1.98. The lowest BCUT2D eigenvalue weighted by Gasteiger charge is -2.34. The van der Waals surface area contributed by atoms with Crippen LogP contribution in [0.5, 0.6) is 0 Å². The number of hydrogen-bond acceptors (Lipinski definition) is 7. The maximum Gasteiger partial charge on any atom is 0.333 e. The van der Waals surface area contributed by atoms with E-state index in [9.17, 15) is 9.59 Å². The summed E-state index contributed by atoms with van der Waals surface area (Å²) in [6.45, 7) is 0.460. The molecule has 0 N–H and O–H groups in total. The maximum atomic E-state index is 13.1. The van der Waals surface area contributed by atoms with E-state index in [0.717, 1.165) is 16.9 Å². The lowest BCUT2D eigenvalue weighted by Crippen LogP contribution is -2.43. The van der Waals surface area contributed by atoms with Crippen LogP contribution in [0.15, 0.2) is 42.0 Å². The fourth-order valence-electron chi connectivity index (χ4n) is 3.13. The molecule has 0 saturated heterocycles. The molecule has 1 amide bonds. The standard InChI is InChI=1S/C17H15N5O3S/c1-25-17(24)15-13-6-8-26-14(13)5-7-21(15)16(23)11-3-2-4-12(9-11)22-10-18-19-20-22/h2-4,6,8-10,15H,5,7H2,1H3. The number of rotatable bonds is 3. The first-order valence-corrected chi connectivity index (χ1v) is 8.85. The number of ether oxygens (including phenoxy) is 1. The van der Waals surface area contributed by atoms with Crippen LogP contribution in [0.4, 0.5) is 0 Å². The third-order valence-electron chi connectivity index (χ3n) is 4.36. The first-order chi connectivity index (χ1) is 12.7. The molecule has 0 saturated carbocycles. The number of tetrazole rings is 1. The fourth-order valence-corrected chi connectivity index (χ4v) is 4.03. The summed E-state index contributed by atoms with van der Waals surface area (Å²) in [5, 5.41) is 13.0. The lowest BCUT2D eigenvalue weighted by atomic mass is 9.98. The molecule has 1 aromatic carbocycles. The molecule has 9 heteroatoms. The number of benzene rings is 1. The number of methoxy groups -OCH3 is 1. The summed E-state index contributed by atoms with van der Waals surface area (Å²) in [6, 6.07) is 8.15. The highest BCUT2D eigenvalue weighted by atomic mass is 32.1. The Morgan fingerprint density at radius 3 is 2.96 bits per heavy atom. The van der Waals surface area contributed by atoms with Gasteiger partial charge in [-0.05, 0) is 52.1 Å². The average molecular weight is 369 g/mol. The first-order valence-electron chi connectivity index (χ1n) is 7.97. The van der Waals surface area contributed by atoms with Crippen LogP contribution in [0.1, 0.15) is 26.8 Å². The minimum atomic E-state index is -0.723. The monoisotopic (exact) mass is 369 g/mol. The second kappa shape index (κ2) is 6.68. The average Bonchev–Trinajstić information content (AvgIpc) is 3.37. The van der Waals surface area contributed by atoms with E-state index in [0.29, 0.717) is 17.8 Å². The summed E-state index contributed by atoms with van der Waals surface area (Å²) in [5.74, 6) is -0.665. The summed E-state index contributed by atoms with van der Waals surface area (Å²) < 4.78 is 6.43. The van der Waals surface area contributed by atoms with E-state index in [4.69, 9.17) is 4.74 Å². The van der Waals surface area contributed by atoms with Gasteiger partial charge >= 0.3 is 5.97 Å². The van der Waals surface area contributed by atoms with Crippen LogP contribution in [0.25, 0.3) is 5.69 Å². The highest BCUT2D eigenvalue weighted by molar-refractivity contribution is 7.10. The molecule has 3 heterocycles. The molecule has 1 unspecified atom stereocenters. The van der Waals surface area contributed by atoms with E-state index < -0.39 is 12.0 Å². The number of nitrogens with zero attached hydrogens (tertiary/aromatic N) is 5. The van der Waals surface area contributed by atoms with Crippen molar-refractivity contribution in [1.29, 1.82) is 0 Å². The van der Waals surface area contributed by atoms with E-state index >= 15 is 0 Å². The molecule has 0 radical (unpaired) electrons. The van der Waals surface area contributed by atoms with Gasteiger partial charge in [0.1, 0.15) is 6.33 Å². The van der Waals surface area contributed by atoms with Crippen LogP contribution < -0.4 is 0 Å². The number of carbonyl (C=O) groups excluding carboxylic acids is 2. The highest BCUT2D eigenvalue weighted by Crippen LogP contribution is 2.35. The van der Waals surface area contributed by atoms with Gasteiger partial charge in [0.25, 0.3) is 5.91 Å². The predicted molar refractivity (Wildman–Crippen MR) is 93.0 cm³/mol. The Balaban J connectivity index is 1.69. The van der Waals surface area contributed by atoms with Crippen molar-refractivity contribution in [1.82, 2.24) is 25.1 Å². The molecule has 0 aliphatic carbocycles. The normalized spacial score (nSPS) is 16.2. The second-order valence-corrected chi connectivity index (χ2v) is 6.78. The SMILES string of the molecule is COC(=O)C1c2ccsc2CCN1C(=O)c1cccc(-n2cnnn2)c1. The molecule has 0 spiro atoms. The van der Waals surface area contributed by atoms with Crippen molar-refractivity contribution < 1.29 is 14.3 Å². The zero-order valence-corrected chi connectivity index (χ0v) is 14.7. The van der Waals surface area contributed by atoms with Crippen molar-refractivity contribution in [3.63, 3.8) is 0 Å². The minimum Gasteiger partial charge on any atom is -0.467 e. The van der Waals surface area contributed by atoms with E-state index in [1.807, 2.05) is 11.4 Å². The maximum absolute atomic E-state index is 13.1. The van der Waals surface area contributed by atoms with Crippen LogP contribution in [0.3, 0.4) is 0 Å². The smallest absolute Gasteiger partial charge is 0.333 e. The Morgan fingerprint density at radius 1 is 1.31 bits per heavy atom. The molecule has 1 aliphatic rings. The summed E-state index contributed by atoms with van der Waals surface area (Å²) in [4.78, 5) is 28.2. The molecule has 132 valence electrons. The summed E-state index contributed by atoms with van der Waals surface area (Å²) in [7, 11) is 1.34. The number of hydrogen-bond donors (Lipinski definition) is 0. The van der Waals surface area contributed by atoms with Crippen molar-refractivity contribution in [3.05, 3.63) is 58.0 Å². The van der Waals surface area contributed by atoms with Gasteiger partial charge in [-0.2, -0.15) is 0 Å². The molecular weight excluding hydrogens is 354 g/mol. The fraction of sp³-hybridized carbons (Fsp3) is 0.235. The zero-order chi connectivity index (χ0) is 18.1. The summed E-state index contributed by atoms with van der Waals surface area (Å²) >= 11 is 1.60. The number of thiophene rings is 1. The van der Waals surface area contributed by atoms with Gasteiger partial charge in [0, 0.05) is 17.0 Å². The molecular formula is C17H15N5O3S. The van der Waals surface area contributed by atoms with Crippen LogP contribution in [-0.4, -0.2) is 50.6 Å². The van der Waals surface area contributed by atoms with Gasteiger partial charge in [-0.3, -0.25) is 4.79 Å². The third-order valence-corrected chi connectivity index (χ3v) is 5.35. The van der Waals surface area contributed by atoms with Gasteiger partial charge < -0.3 is 9.64 Å². The molecule has 26 heavy (non-hydrogen) atoms. The van der Waals surface area contributed by atoms with Gasteiger partial charge in [-0.25, -0.2) is 9.48 Å². The van der Waals surface area contributed by atoms with E-state index in [1.54, 1.807) is 40.5 Å². The van der Waals surface area contributed by atoms with Crippen molar-refractivity contribution in [2.75, 3.05) is 13.7 Å². The largest absolute Gasteiger partial charge is 0.467 e. The number of carbonyl (C=O) groups is 2. The lowest BCUT2D eigenvalue weighted by molar-refractivity contribution is -0.146. The Morgan fingerprint density at radius 2 is 2.19 bits per heavy atom. The number of esters is 1. The van der Waals surface area contributed by atoms with Gasteiger partial charge in [-0.15, -0.1) is 16.4 Å². The summed E-state index contributed by atoms with van der Waals surface area (Å²) in [6.07, 6.45) is 2.18. The highest BCUT2D eigenvalue weighted by Gasteiger charge is 2.37. The molecule has 8 nitrogen and oxygen atoms in total. The van der Waals surface area contributed by atoms with Crippen LogP contribution in [0.2, 0.25) is 0 Å². The Kier molecular flexibility index (Phi) is 4.21. The number of fused-ring (bicyclic) bond motifs is 1. The van der Waals surface area contributed by atoms with E-state index in [2.05, 4.69) is 15.5 Å². The van der Waals surface area contributed by atoms with Gasteiger partial charge in [0.15, 0.2) is 6.04 Å². The second-order valence-electron chi connectivity index (χ2n) is 5.78. The van der Waals surface area contributed by atoms with Crippen molar-refractivity contribution >= 4 is 23.2 Å². The molecule has 4 rings (SSSR count). The molecule has 2 aromatic heterocycles.